The molecule has 18 heavy (non-hydrogen) atoms. The third-order valence-corrected chi connectivity index (χ3v) is 4.34. The van der Waals surface area contributed by atoms with Gasteiger partial charge in [-0.15, -0.1) is 0 Å². The highest BCUT2D eigenvalue weighted by Crippen LogP contribution is 2.19. The number of sulfonamides is 1. The molecule has 1 heterocycles. The number of hydrogen-bond donors (Lipinski definition) is 2. The van der Waals surface area contributed by atoms with Gasteiger partial charge in [-0.3, -0.25) is 4.79 Å². The smallest absolute Gasteiger partial charge is 0.261 e. The summed E-state index contributed by atoms with van der Waals surface area (Å²) in [5.74, 6) is -0.354. The molecule has 1 fully saturated rings. The maximum Gasteiger partial charge on any atom is 0.261 e. The molecule has 0 aromatic carbocycles. The van der Waals surface area contributed by atoms with Crippen LogP contribution in [0.2, 0.25) is 5.15 Å². The van der Waals surface area contributed by atoms with E-state index in [9.17, 15) is 13.2 Å². The Labute approximate surface area is 110 Å². The van der Waals surface area contributed by atoms with Crippen LogP contribution in [0.1, 0.15) is 12.8 Å². The van der Waals surface area contributed by atoms with Crippen LogP contribution >= 0.6 is 11.6 Å². The normalized spacial score (nSPS) is 15.7. The van der Waals surface area contributed by atoms with Gasteiger partial charge in [-0.2, -0.15) is 0 Å². The Morgan fingerprint density at radius 3 is 2.78 bits per heavy atom. The second-order valence-corrected chi connectivity index (χ2v) is 6.16. The lowest BCUT2D eigenvalue weighted by atomic mass is 10.5. The van der Waals surface area contributed by atoms with Crippen molar-refractivity contribution in [2.45, 2.75) is 23.9 Å². The SMILES string of the molecule is Cn1cnc(S(=O)(=O)NCC(=O)NC2CC2)c1Cl. The van der Waals surface area contributed by atoms with Gasteiger partial charge in [-0.25, -0.2) is 18.1 Å². The van der Waals surface area contributed by atoms with E-state index in [-0.39, 0.29) is 28.7 Å². The van der Waals surface area contributed by atoms with Crippen LogP contribution in [0.3, 0.4) is 0 Å². The molecule has 9 heteroatoms. The molecule has 1 aromatic rings. The fourth-order valence-corrected chi connectivity index (χ4v) is 2.72. The first-order chi connectivity index (χ1) is 8.40. The fourth-order valence-electron chi connectivity index (χ4n) is 1.31. The molecular formula is C9H13ClN4O3S. The number of halogens is 1. The number of nitrogens with zero attached hydrogens (tertiary/aromatic N) is 2. The van der Waals surface area contributed by atoms with Gasteiger partial charge in [0.25, 0.3) is 10.0 Å². The molecule has 0 bridgehead atoms. The standard InChI is InChI=1S/C9H13ClN4O3S/c1-14-5-11-9(8(14)10)18(16,17)12-4-7(15)13-6-2-3-6/h5-6,12H,2-4H2,1H3,(H,13,15). The van der Waals surface area contributed by atoms with Crippen LogP contribution in [0.15, 0.2) is 11.4 Å². The van der Waals surface area contributed by atoms with Gasteiger partial charge in [0, 0.05) is 13.1 Å². The minimum absolute atomic E-state index is 0.00472. The van der Waals surface area contributed by atoms with Crippen LogP contribution in [-0.4, -0.2) is 36.5 Å². The number of rotatable bonds is 5. The Bertz CT molecular complexity index is 564. The summed E-state index contributed by atoms with van der Waals surface area (Å²) in [6.45, 7) is -0.314. The highest BCUT2D eigenvalue weighted by atomic mass is 35.5. The van der Waals surface area contributed by atoms with E-state index < -0.39 is 10.0 Å². The highest BCUT2D eigenvalue weighted by Gasteiger charge is 2.26. The zero-order valence-electron chi connectivity index (χ0n) is 9.68. The summed E-state index contributed by atoms with van der Waals surface area (Å²) in [4.78, 5) is 15.1. The molecule has 1 amide bonds. The van der Waals surface area contributed by atoms with Crippen molar-refractivity contribution < 1.29 is 13.2 Å². The molecule has 0 unspecified atom stereocenters. The summed E-state index contributed by atoms with van der Waals surface area (Å²) >= 11 is 5.78. The first kappa shape index (κ1) is 13.3. The van der Waals surface area contributed by atoms with Crippen molar-refractivity contribution in [3.8, 4) is 0 Å². The number of aromatic nitrogens is 2. The average molecular weight is 293 g/mol. The van der Waals surface area contributed by atoms with Crippen LogP contribution in [0.25, 0.3) is 0 Å². The predicted molar refractivity (Wildman–Crippen MR) is 64.6 cm³/mol. The summed E-state index contributed by atoms with van der Waals surface area (Å²) < 4.78 is 27.2. The van der Waals surface area contributed by atoms with Crippen molar-refractivity contribution in [2.24, 2.45) is 7.05 Å². The van der Waals surface area contributed by atoms with E-state index in [2.05, 4.69) is 15.0 Å². The molecule has 1 saturated carbocycles. The second kappa shape index (κ2) is 4.87. The maximum atomic E-state index is 11.8. The van der Waals surface area contributed by atoms with Gasteiger partial charge in [0.05, 0.1) is 12.9 Å². The molecule has 2 N–H and O–H groups in total. The lowest BCUT2D eigenvalue weighted by Crippen LogP contribution is -2.38. The van der Waals surface area contributed by atoms with Crippen LogP contribution in [0, 0.1) is 0 Å². The van der Waals surface area contributed by atoms with E-state index >= 15 is 0 Å². The Balaban J connectivity index is 1.98. The number of hydrogen-bond acceptors (Lipinski definition) is 4. The number of aryl methyl sites for hydroxylation is 1. The van der Waals surface area contributed by atoms with Crippen LogP contribution in [0.5, 0.6) is 0 Å². The molecule has 1 aromatic heterocycles. The summed E-state index contributed by atoms with van der Waals surface area (Å²) in [5, 5.41) is 2.41. The lowest BCUT2D eigenvalue weighted by molar-refractivity contribution is -0.120. The lowest BCUT2D eigenvalue weighted by Gasteiger charge is -2.05. The fraction of sp³-hybridized carbons (Fsp3) is 0.556. The van der Waals surface area contributed by atoms with E-state index in [0.717, 1.165) is 12.8 Å². The predicted octanol–water partition coefficient (Wildman–Crippen LogP) is -0.370. The molecular weight excluding hydrogens is 280 g/mol. The third-order valence-electron chi connectivity index (χ3n) is 2.45. The Kier molecular flexibility index (Phi) is 3.60. The highest BCUT2D eigenvalue weighted by molar-refractivity contribution is 7.89. The summed E-state index contributed by atoms with van der Waals surface area (Å²) in [6, 6.07) is 0.195. The molecule has 1 aliphatic rings. The molecule has 0 aliphatic heterocycles. The van der Waals surface area contributed by atoms with Crippen molar-refractivity contribution in [1.29, 1.82) is 0 Å². The van der Waals surface area contributed by atoms with E-state index in [1.165, 1.54) is 10.9 Å². The van der Waals surface area contributed by atoms with Gasteiger partial charge >= 0.3 is 0 Å². The van der Waals surface area contributed by atoms with Crippen molar-refractivity contribution >= 4 is 27.5 Å². The van der Waals surface area contributed by atoms with Crippen molar-refractivity contribution in [1.82, 2.24) is 19.6 Å². The topological polar surface area (TPSA) is 93.1 Å². The molecule has 100 valence electrons. The van der Waals surface area contributed by atoms with Crippen molar-refractivity contribution in [2.75, 3.05) is 6.54 Å². The van der Waals surface area contributed by atoms with E-state index in [4.69, 9.17) is 11.6 Å². The summed E-state index contributed by atoms with van der Waals surface area (Å²) in [5.41, 5.74) is 0. The average Bonchev–Trinajstić information content (AvgIpc) is 3.03. The molecule has 2 rings (SSSR count). The summed E-state index contributed by atoms with van der Waals surface area (Å²) in [7, 11) is -2.28. The maximum absolute atomic E-state index is 11.8. The van der Waals surface area contributed by atoms with Crippen LogP contribution in [-0.2, 0) is 21.9 Å². The largest absolute Gasteiger partial charge is 0.352 e. The number of nitrogens with one attached hydrogen (secondary N) is 2. The van der Waals surface area contributed by atoms with Gasteiger partial charge in [-0.05, 0) is 12.8 Å². The number of carbonyl (C=O) groups excluding carboxylic acids is 1. The second-order valence-electron chi connectivity index (χ2n) is 4.12. The van der Waals surface area contributed by atoms with Gasteiger partial charge in [-0.1, -0.05) is 11.6 Å². The number of imidazole rings is 1. The molecule has 7 nitrogen and oxygen atoms in total. The molecule has 0 spiro atoms. The Morgan fingerprint density at radius 1 is 1.61 bits per heavy atom. The van der Waals surface area contributed by atoms with E-state index in [0.29, 0.717) is 0 Å². The molecule has 0 atom stereocenters. The molecule has 1 aliphatic carbocycles. The molecule has 0 radical (unpaired) electrons. The van der Waals surface area contributed by atoms with Gasteiger partial charge in [0.15, 0.2) is 0 Å². The Hall–Kier alpha value is -1.12. The zero-order chi connectivity index (χ0) is 13.3. The van der Waals surface area contributed by atoms with E-state index in [1.54, 1.807) is 7.05 Å². The van der Waals surface area contributed by atoms with Crippen LogP contribution < -0.4 is 10.0 Å². The monoisotopic (exact) mass is 292 g/mol. The number of carbonyl (C=O) groups is 1. The third kappa shape index (κ3) is 3.01. The van der Waals surface area contributed by atoms with Crippen molar-refractivity contribution in [3.05, 3.63) is 11.5 Å². The van der Waals surface area contributed by atoms with Gasteiger partial charge in [0.2, 0.25) is 10.9 Å². The first-order valence-electron chi connectivity index (χ1n) is 5.36. The first-order valence-corrected chi connectivity index (χ1v) is 7.22. The minimum Gasteiger partial charge on any atom is -0.352 e. The number of amides is 1. The van der Waals surface area contributed by atoms with Gasteiger partial charge in [0.1, 0.15) is 5.15 Å². The van der Waals surface area contributed by atoms with Gasteiger partial charge < -0.3 is 9.88 Å². The Morgan fingerprint density at radius 2 is 2.28 bits per heavy atom. The quantitative estimate of drug-likeness (QED) is 0.774. The molecule has 0 saturated heterocycles. The summed E-state index contributed by atoms with van der Waals surface area (Å²) in [6.07, 6.45) is 3.19. The van der Waals surface area contributed by atoms with E-state index in [1.807, 2.05) is 0 Å². The zero-order valence-corrected chi connectivity index (χ0v) is 11.3. The van der Waals surface area contributed by atoms with Crippen molar-refractivity contribution in [3.63, 3.8) is 0 Å². The van der Waals surface area contributed by atoms with Crippen LogP contribution in [0.4, 0.5) is 0 Å². The minimum atomic E-state index is -3.86.